The van der Waals surface area contributed by atoms with E-state index in [0.29, 0.717) is 0 Å². The molecule has 0 atom stereocenters. The van der Waals surface area contributed by atoms with Gasteiger partial charge in [0.1, 0.15) is 12.2 Å². The molecule has 6 heteroatoms. The van der Waals surface area contributed by atoms with Crippen molar-refractivity contribution < 1.29 is 23.8 Å². The van der Waals surface area contributed by atoms with E-state index in [-0.39, 0.29) is 25.5 Å². The van der Waals surface area contributed by atoms with Gasteiger partial charge in [-0.05, 0) is 27.7 Å². The van der Waals surface area contributed by atoms with Crippen LogP contribution in [0.1, 0.15) is 27.7 Å². The number of ether oxygens (including phenoxy) is 3. The highest BCUT2D eigenvalue weighted by Gasteiger charge is 2.19. The zero-order valence-electron chi connectivity index (χ0n) is 11.3. The molecule has 104 valence electrons. The molecule has 18 heavy (non-hydrogen) atoms. The van der Waals surface area contributed by atoms with Crippen LogP contribution in [0.5, 0.6) is 0 Å². The van der Waals surface area contributed by atoms with Crippen molar-refractivity contribution in [2.24, 2.45) is 5.73 Å². The maximum absolute atomic E-state index is 11.5. The van der Waals surface area contributed by atoms with E-state index in [0.717, 1.165) is 6.08 Å². The van der Waals surface area contributed by atoms with Gasteiger partial charge >= 0.3 is 11.9 Å². The topological polar surface area (TPSA) is 87.9 Å². The molecule has 0 rings (SSSR count). The van der Waals surface area contributed by atoms with Crippen LogP contribution in [-0.4, -0.2) is 37.3 Å². The Morgan fingerprint density at radius 1 is 1.22 bits per heavy atom. The monoisotopic (exact) mass is 259 g/mol. The second-order valence-corrected chi connectivity index (χ2v) is 4.40. The van der Waals surface area contributed by atoms with Crippen molar-refractivity contribution in [2.75, 3.05) is 19.8 Å². The fourth-order valence-electron chi connectivity index (χ4n) is 0.969. The van der Waals surface area contributed by atoms with Crippen LogP contribution in [0.15, 0.2) is 11.8 Å². The van der Waals surface area contributed by atoms with E-state index < -0.39 is 17.5 Å². The van der Waals surface area contributed by atoms with Gasteiger partial charge in [0.05, 0.1) is 12.7 Å². The van der Waals surface area contributed by atoms with Crippen LogP contribution in [0, 0.1) is 0 Å². The molecule has 0 fully saturated rings. The number of esters is 2. The number of carbonyl (C=O) groups is 2. The lowest BCUT2D eigenvalue weighted by Gasteiger charge is -2.18. The quantitative estimate of drug-likeness (QED) is 0.430. The predicted molar refractivity (Wildman–Crippen MR) is 65.6 cm³/mol. The Labute approximate surface area is 107 Å². The van der Waals surface area contributed by atoms with Crippen molar-refractivity contribution in [3.05, 3.63) is 11.8 Å². The summed E-state index contributed by atoms with van der Waals surface area (Å²) in [5.74, 6) is -1.57. The summed E-state index contributed by atoms with van der Waals surface area (Å²) in [5.41, 5.74) is 4.63. The summed E-state index contributed by atoms with van der Waals surface area (Å²) < 4.78 is 14.8. The van der Waals surface area contributed by atoms with Crippen molar-refractivity contribution in [3.8, 4) is 0 Å². The first-order valence-electron chi connectivity index (χ1n) is 5.74. The normalized spacial score (nSPS) is 11.9. The maximum Gasteiger partial charge on any atom is 0.373 e. The van der Waals surface area contributed by atoms with Crippen molar-refractivity contribution in [2.45, 2.75) is 33.3 Å². The standard InChI is InChI=1S/C12H21NO5/c1-5-16-11(15)9(17-7-6-13)8-10(14)18-12(2,3)4/h8H,5-7,13H2,1-4H3. The molecule has 0 aliphatic rings. The summed E-state index contributed by atoms with van der Waals surface area (Å²) in [4.78, 5) is 23.0. The van der Waals surface area contributed by atoms with Crippen LogP contribution in [-0.2, 0) is 23.8 Å². The first-order valence-corrected chi connectivity index (χ1v) is 5.74. The Balaban J connectivity index is 4.72. The SMILES string of the molecule is CCOC(=O)C(=CC(=O)OC(C)(C)C)OCCN. The van der Waals surface area contributed by atoms with E-state index >= 15 is 0 Å². The van der Waals surface area contributed by atoms with Crippen LogP contribution in [0.4, 0.5) is 0 Å². The molecule has 0 radical (unpaired) electrons. The molecule has 6 nitrogen and oxygen atoms in total. The average Bonchev–Trinajstić information content (AvgIpc) is 2.21. The Morgan fingerprint density at radius 3 is 2.28 bits per heavy atom. The fourth-order valence-corrected chi connectivity index (χ4v) is 0.969. The molecule has 0 aliphatic heterocycles. The second-order valence-electron chi connectivity index (χ2n) is 4.40. The van der Waals surface area contributed by atoms with Gasteiger partial charge in [0.2, 0.25) is 5.76 Å². The lowest BCUT2D eigenvalue weighted by atomic mass is 10.2. The molecule has 0 unspecified atom stereocenters. The molecule has 0 saturated heterocycles. The van der Waals surface area contributed by atoms with Crippen molar-refractivity contribution in [1.29, 1.82) is 0 Å². The van der Waals surface area contributed by atoms with Gasteiger partial charge in [-0.1, -0.05) is 0 Å². The third-order valence-electron chi connectivity index (χ3n) is 1.51. The van der Waals surface area contributed by atoms with Crippen molar-refractivity contribution in [3.63, 3.8) is 0 Å². The molecule has 0 amide bonds. The maximum atomic E-state index is 11.5. The Morgan fingerprint density at radius 2 is 1.83 bits per heavy atom. The van der Waals surface area contributed by atoms with Crippen LogP contribution in [0.25, 0.3) is 0 Å². The summed E-state index contributed by atoms with van der Waals surface area (Å²) in [7, 11) is 0. The molecule has 2 N–H and O–H groups in total. The van der Waals surface area contributed by atoms with Gasteiger partial charge in [0, 0.05) is 6.54 Å². The average molecular weight is 259 g/mol. The highest BCUT2D eigenvalue weighted by Crippen LogP contribution is 2.09. The lowest BCUT2D eigenvalue weighted by Crippen LogP contribution is -2.24. The van der Waals surface area contributed by atoms with Crippen molar-refractivity contribution in [1.82, 2.24) is 0 Å². The number of nitrogens with two attached hydrogens (primary N) is 1. The zero-order valence-corrected chi connectivity index (χ0v) is 11.3. The summed E-state index contributed by atoms with van der Waals surface area (Å²) in [6.07, 6.45) is 0.971. The van der Waals surface area contributed by atoms with Gasteiger partial charge in [0.15, 0.2) is 0 Å². The van der Waals surface area contributed by atoms with Crippen LogP contribution >= 0.6 is 0 Å². The van der Waals surface area contributed by atoms with E-state index in [9.17, 15) is 9.59 Å². The second kappa shape index (κ2) is 7.71. The molecule has 0 bridgehead atoms. The van der Waals surface area contributed by atoms with Crippen LogP contribution < -0.4 is 5.73 Å². The van der Waals surface area contributed by atoms with E-state index in [1.165, 1.54) is 0 Å². The van der Waals surface area contributed by atoms with Crippen LogP contribution in [0.2, 0.25) is 0 Å². The van der Waals surface area contributed by atoms with Gasteiger partial charge in [-0.15, -0.1) is 0 Å². The first kappa shape index (κ1) is 16.4. The fraction of sp³-hybridized carbons (Fsp3) is 0.667. The van der Waals surface area contributed by atoms with Gasteiger partial charge in [-0.2, -0.15) is 0 Å². The molecule has 0 aromatic carbocycles. The molecule has 0 aliphatic carbocycles. The Bertz CT molecular complexity index is 317. The third kappa shape index (κ3) is 7.67. The summed E-state index contributed by atoms with van der Waals surface area (Å²) in [5, 5.41) is 0. The van der Waals surface area contributed by atoms with Gasteiger partial charge in [-0.25, -0.2) is 9.59 Å². The molecule has 0 aromatic heterocycles. The minimum atomic E-state index is -0.711. The lowest BCUT2D eigenvalue weighted by molar-refractivity contribution is -0.150. The molecule has 0 saturated carbocycles. The minimum absolute atomic E-state index is 0.118. The summed E-state index contributed by atoms with van der Waals surface area (Å²) in [6, 6.07) is 0. The molecule has 0 heterocycles. The minimum Gasteiger partial charge on any atom is -0.485 e. The number of hydrogen-bond acceptors (Lipinski definition) is 6. The molecule has 0 aromatic rings. The molecule has 0 spiro atoms. The van der Waals surface area contributed by atoms with Gasteiger partial charge in [0.25, 0.3) is 0 Å². The van der Waals surface area contributed by atoms with Gasteiger partial charge < -0.3 is 19.9 Å². The van der Waals surface area contributed by atoms with E-state index in [1.54, 1.807) is 27.7 Å². The Kier molecular flexibility index (Phi) is 7.04. The number of hydrogen-bond donors (Lipinski definition) is 1. The highest BCUT2D eigenvalue weighted by atomic mass is 16.6. The van der Waals surface area contributed by atoms with Crippen LogP contribution in [0.3, 0.4) is 0 Å². The Hall–Kier alpha value is -1.56. The predicted octanol–water partition coefficient (Wildman–Crippen LogP) is 0.750. The number of carbonyl (C=O) groups excluding carboxylic acids is 2. The molecular formula is C12H21NO5. The first-order chi connectivity index (χ1) is 8.30. The van der Waals surface area contributed by atoms with E-state index in [4.69, 9.17) is 19.9 Å². The van der Waals surface area contributed by atoms with E-state index in [1.807, 2.05) is 0 Å². The van der Waals surface area contributed by atoms with Gasteiger partial charge in [-0.3, -0.25) is 0 Å². The largest absolute Gasteiger partial charge is 0.485 e. The third-order valence-corrected chi connectivity index (χ3v) is 1.51. The van der Waals surface area contributed by atoms with Crippen molar-refractivity contribution >= 4 is 11.9 Å². The number of rotatable bonds is 6. The summed E-state index contributed by atoms with van der Waals surface area (Å²) >= 11 is 0. The summed E-state index contributed by atoms with van der Waals surface area (Å²) in [6.45, 7) is 7.37. The van der Waals surface area contributed by atoms with E-state index in [2.05, 4.69) is 0 Å². The molecular weight excluding hydrogens is 238 g/mol. The smallest absolute Gasteiger partial charge is 0.373 e. The zero-order chi connectivity index (χ0) is 14.2. The highest BCUT2D eigenvalue weighted by molar-refractivity contribution is 5.94.